The van der Waals surface area contributed by atoms with E-state index >= 15 is 0 Å². The van der Waals surface area contributed by atoms with Gasteiger partial charge in [-0.2, -0.15) is 0 Å². The van der Waals surface area contributed by atoms with Gasteiger partial charge in [0.25, 0.3) is 0 Å². The number of hydrogen-bond donors (Lipinski definition) is 2. The summed E-state index contributed by atoms with van der Waals surface area (Å²) in [6.07, 6.45) is 0. The third-order valence-corrected chi connectivity index (χ3v) is 5.51. The fourth-order valence-corrected chi connectivity index (χ4v) is 3.31. The van der Waals surface area contributed by atoms with Gasteiger partial charge in [0, 0.05) is 0 Å². The Morgan fingerprint density at radius 1 is 1.31 bits per heavy atom. The van der Waals surface area contributed by atoms with E-state index in [0.717, 1.165) is 5.19 Å². The van der Waals surface area contributed by atoms with Crippen LogP contribution in [0, 0.1) is 0 Å². The van der Waals surface area contributed by atoms with Gasteiger partial charge in [-0.25, -0.2) is 0 Å². The molecule has 0 heterocycles. The first kappa shape index (κ1) is 13.6. The smallest absolute Gasteiger partial charge is 0.358 e. The molecule has 4 nitrogen and oxygen atoms in total. The van der Waals surface area contributed by atoms with Crippen LogP contribution in [0.25, 0.3) is 0 Å². The number of hydrogen-bond acceptors (Lipinski definition) is 3. The largest absolute Gasteiger partial charge is 0.428 e. The summed E-state index contributed by atoms with van der Waals surface area (Å²) in [6.45, 7) is 5.45. The van der Waals surface area contributed by atoms with E-state index in [9.17, 15) is 14.3 Å². The summed E-state index contributed by atoms with van der Waals surface area (Å²) in [5, 5.41) is 1.09. The summed E-state index contributed by atoms with van der Waals surface area (Å²) in [5.41, 5.74) is 0. The molecule has 1 rings (SSSR count). The second-order valence-corrected chi connectivity index (χ2v) is 9.55. The van der Waals surface area contributed by atoms with Gasteiger partial charge in [0.1, 0.15) is 0 Å². The summed E-state index contributed by atoms with van der Waals surface area (Å²) in [5.74, 6) is 0. The predicted molar refractivity (Wildman–Crippen MR) is 66.9 cm³/mol. The van der Waals surface area contributed by atoms with Crippen LogP contribution < -0.4 is 10.5 Å². The first-order valence-corrected chi connectivity index (χ1v) is 9.60. The molecule has 6 heteroatoms. The van der Waals surface area contributed by atoms with Gasteiger partial charge in [0.15, 0.2) is 0 Å². The molecule has 16 heavy (non-hydrogen) atoms. The Morgan fingerprint density at radius 3 is 2.19 bits per heavy atom. The predicted octanol–water partition coefficient (Wildman–Crippen LogP) is 0.938. The maximum Gasteiger partial charge on any atom is 0.358 e. The van der Waals surface area contributed by atoms with Crippen LogP contribution in [0.15, 0.2) is 24.3 Å². The molecule has 1 atom stereocenters. The Kier molecular flexibility index (Phi) is 4.10. The molecule has 0 amide bonds. The Bertz CT molecular complexity index is 396. The summed E-state index contributed by atoms with van der Waals surface area (Å²) in [7, 11) is -6.03. The normalized spacial score (nSPS) is 15.8. The standard InChI is InChI=1S/C10H17O4PSi/c1-4-14-15(11,12)9-5-7-10(8-6-9)16(2,3)13/h5-8,13H,4H2,1-3H3,(H,11,12). The van der Waals surface area contributed by atoms with Crippen LogP contribution in [-0.2, 0) is 9.09 Å². The first-order valence-electron chi connectivity index (χ1n) is 5.08. The van der Waals surface area contributed by atoms with E-state index in [1.807, 2.05) is 0 Å². The Morgan fingerprint density at radius 2 is 1.81 bits per heavy atom. The first-order chi connectivity index (χ1) is 7.27. The second kappa shape index (κ2) is 4.81. The molecule has 0 aliphatic heterocycles. The second-order valence-electron chi connectivity index (χ2n) is 4.04. The zero-order valence-electron chi connectivity index (χ0n) is 9.67. The molecule has 0 bridgehead atoms. The van der Waals surface area contributed by atoms with Crippen LogP contribution in [0.1, 0.15) is 6.92 Å². The lowest BCUT2D eigenvalue weighted by molar-refractivity contribution is 0.284. The van der Waals surface area contributed by atoms with Gasteiger partial charge < -0.3 is 14.2 Å². The maximum atomic E-state index is 11.7. The molecule has 0 spiro atoms. The topological polar surface area (TPSA) is 66.8 Å². The van der Waals surface area contributed by atoms with E-state index in [4.69, 9.17) is 4.52 Å². The molecular weight excluding hydrogens is 243 g/mol. The summed E-state index contributed by atoms with van der Waals surface area (Å²) >= 11 is 0. The Hall–Kier alpha value is -0.453. The monoisotopic (exact) mass is 260 g/mol. The average molecular weight is 260 g/mol. The van der Waals surface area contributed by atoms with Crippen molar-refractivity contribution in [3.05, 3.63) is 24.3 Å². The number of benzene rings is 1. The van der Waals surface area contributed by atoms with E-state index in [1.165, 1.54) is 12.1 Å². The molecule has 0 fully saturated rings. The molecule has 0 saturated heterocycles. The van der Waals surface area contributed by atoms with Crippen LogP contribution in [0.5, 0.6) is 0 Å². The lowest BCUT2D eigenvalue weighted by Gasteiger charge is -2.16. The van der Waals surface area contributed by atoms with Crippen LogP contribution in [0.4, 0.5) is 0 Å². The highest BCUT2D eigenvalue weighted by molar-refractivity contribution is 7.61. The molecule has 90 valence electrons. The van der Waals surface area contributed by atoms with E-state index in [-0.39, 0.29) is 11.9 Å². The van der Waals surface area contributed by atoms with Crippen LogP contribution in [0.3, 0.4) is 0 Å². The van der Waals surface area contributed by atoms with Gasteiger partial charge in [-0.3, -0.25) is 4.57 Å². The maximum absolute atomic E-state index is 11.7. The molecule has 0 saturated carbocycles. The van der Waals surface area contributed by atoms with Gasteiger partial charge >= 0.3 is 7.60 Å². The summed E-state index contributed by atoms with van der Waals surface area (Å²) in [4.78, 5) is 19.4. The fraction of sp³-hybridized carbons (Fsp3) is 0.400. The van der Waals surface area contributed by atoms with Crippen molar-refractivity contribution >= 4 is 26.4 Å². The van der Waals surface area contributed by atoms with Crippen molar-refractivity contribution in [1.82, 2.24) is 0 Å². The lowest BCUT2D eigenvalue weighted by atomic mass is 10.4. The number of rotatable bonds is 4. The molecular formula is C10H17O4PSi. The zero-order valence-corrected chi connectivity index (χ0v) is 11.6. The van der Waals surface area contributed by atoms with Crippen molar-refractivity contribution in [2.75, 3.05) is 6.61 Å². The molecule has 0 radical (unpaired) electrons. The van der Waals surface area contributed by atoms with Crippen LogP contribution in [-0.4, -0.2) is 24.6 Å². The SMILES string of the molecule is CCOP(=O)(O)c1ccc([Si](C)(C)O)cc1. The third kappa shape index (κ3) is 3.27. The summed E-state index contributed by atoms with van der Waals surface area (Å²) < 4.78 is 16.5. The highest BCUT2D eigenvalue weighted by atomic mass is 31.2. The van der Waals surface area contributed by atoms with Crippen molar-refractivity contribution in [3.8, 4) is 0 Å². The van der Waals surface area contributed by atoms with Gasteiger partial charge in [0.2, 0.25) is 8.32 Å². The van der Waals surface area contributed by atoms with Crippen molar-refractivity contribution in [3.63, 3.8) is 0 Å². The van der Waals surface area contributed by atoms with Gasteiger partial charge in [-0.1, -0.05) is 12.1 Å². The minimum atomic E-state index is -3.68. The summed E-state index contributed by atoms with van der Waals surface area (Å²) in [6, 6.07) is 6.44. The van der Waals surface area contributed by atoms with Gasteiger partial charge in [-0.05, 0) is 37.3 Å². The molecule has 1 aromatic rings. The molecule has 1 unspecified atom stereocenters. The van der Waals surface area contributed by atoms with E-state index in [0.29, 0.717) is 0 Å². The van der Waals surface area contributed by atoms with E-state index in [2.05, 4.69) is 0 Å². The van der Waals surface area contributed by atoms with Crippen molar-refractivity contribution < 1.29 is 18.8 Å². The fourth-order valence-electron chi connectivity index (χ4n) is 1.31. The Balaban J connectivity index is 3.00. The van der Waals surface area contributed by atoms with Crippen molar-refractivity contribution in [2.45, 2.75) is 20.0 Å². The van der Waals surface area contributed by atoms with E-state index < -0.39 is 15.9 Å². The highest BCUT2D eigenvalue weighted by Gasteiger charge is 2.24. The molecule has 0 aliphatic carbocycles. The van der Waals surface area contributed by atoms with Crippen LogP contribution in [0.2, 0.25) is 13.1 Å². The minimum absolute atomic E-state index is 0.190. The van der Waals surface area contributed by atoms with Crippen molar-refractivity contribution in [2.24, 2.45) is 0 Å². The highest BCUT2D eigenvalue weighted by Crippen LogP contribution is 2.39. The van der Waals surface area contributed by atoms with Crippen LogP contribution >= 0.6 is 7.60 Å². The van der Waals surface area contributed by atoms with Crippen molar-refractivity contribution in [1.29, 1.82) is 0 Å². The molecule has 2 N–H and O–H groups in total. The zero-order chi connectivity index (χ0) is 12.4. The third-order valence-electron chi connectivity index (χ3n) is 2.20. The van der Waals surface area contributed by atoms with E-state index in [1.54, 1.807) is 32.2 Å². The molecule has 0 aromatic heterocycles. The molecule has 1 aromatic carbocycles. The quantitative estimate of drug-likeness (QED) is 0.624. The van der Waals surface area contributed by atoms with Gasteiger partial charge in [-0.15, -0.1) is 0 Å². The Labute approximate surface area is 96.6 Å². The minimum Gasteiger partial charge on any atom is -0.428 e. The lowest BCUT2D eigenvalue weighted by Crippen LogP contribution is -2.41. The average Bonchev–Trinajstić information content (AvgIpc) is 2.16. The van der Waals surface area contributed by atoms with Gasteiger partial charge in [0.05, 0.1) is 11.9 Å². The molecule has 0 aliphatic rings.